The number of hydrogen-bond donors (Lipinski definition) is 1. The zero-order valence-corrected chi connectivity index (χ0v) is 13.9. The molecule has 1 aliphatic rings. The van der Waals surface area contributed by atoms with Gasteiger partial charge in [0.25, 0.3) is 0 Å². The van der Waals surface area contributed by atoms with Gasteiger partial charge in [-0.05, 0) is 36.5 Å². The monoisotopic (exact) mass is 329 g/mol. The van der Waals surface area contributed by atoms with Gasteiger partial charge in [-0.25, -0.2) is 8.78 Å². The van der Waals surface area contributed by atoms with Crippen LogP contribution in [0.15, 0.2) is 42.5 Å². The standard InChI is InChI=1S/C20H21F2NO/c1-13-3-5-15(6-4-13)9-19(24)23-12-20(11-14(20)2)17-8-7-16(21)10-18(17)22/h3-8,10,14H,9,11-12H2,1-2H3,(H,23,24). The number of halogens is 2. The molecule has 1 saturated carbocycles. The summed E-state index contributed by atoms with van der Waals surface area (Å²) >= 11 is 0. The molecule has 1 fully saturated rings. The fraction of sp³-hybridized carbons (Fsp3) is 0.350. The molecule has 2 aromatic carbocycles. The summed E-state index contributed by atoms with van der Waals surface area (Å²) in [6.45, 7) is 4.40. The Balaban J connectivity index is 1.66. The SMILES string of the molecule is Cc1ccc(CC(=O)NCC2(c3ccc(F)cc3F)CC2C)cc1. The molecule has 2 atom stereocenters. The average molecular weight is 329 g/mol. The lowest BCUT2D eigenvalue weighted by molar-refractivity contribution is -0.120. The van der Waals surface area contributed by atoms with Gasteiger partial charge >= 0.3 is 0 Å². The summed E-state index contributed by atoms with van der Waals surface area (Å²) in [4.78, 5) is 12.2. The van der Waals surface area contributed by atoms with Crippen LogP contribution in [0.5, 0.6) is 0 Å². The molecule has 2 aromatic rings. The van der Waals surface area contributed by atoms with Crippen LogP contribution < -0.4 is 5.32 Å². The number of aryl methyl sites for hydroxylation is 1. The summed E-state index contributed by atoms with van der Waals surface area (Å²) in [5.41, 5.74) is 2.17. The van der Waals surface area contributed by atoms with Crippen LogP contribution in [0.3, 0.4) is 0 Å². The van der Waals surface area contributed by atoms with Crippen LogP contribution in [-0.4, -0.2) is 12.5 Å². The van der Waals surface area contributed by atoms with E-state index in [9.17, 15) is 13.6 Å². The first-order valence-electron chi connectivity index (χ1n) is 8.18. The highest BCUT2D eigenvalue weighted by Gasteiger charge is 2.53. The number of amides is 1. The van der Waals surface area contributed by atoms with Crippen LogP contribution in [0.2, 0.25) is 0 Å². The first kappa shape index (κ1) is 16.6. The number of benzene rings is 2. The van der Waals surface area contributed by atoms with E-state index in [1.165, 1.54) is 12.1 Å². The third kappa shape index (κ3) is 3.32. The van der Waals surface area contributed by atoms with Crippen molar-refractivity contribution in [3.05, 3.63) is 70.8 Å². The number of carbonyl (C=O) groups excluding carboxylic acids is 1. The molecule has 126 valence electrons. The van der Waals surface area contributed by atoms with Crippen molar-refractivity contribution in [1.29, 1.82) is 0 Å². The Morgan fingerprint density at radius 2 is 1.88 bits per heavy atom. The quantitative estimate of drug-likeness (QED) is 0.885. The zero-order valence-electron chi connectivity index (χ0n) is 13.9. The highest BCUT2D eigenvalue weighted by Crippen LogP contribution is 2.54. The first-order chi connectivity index (χ1) is 11.4. The summed E-state index contributed by atoms with van der Waals surface area (Å²) in [7, 11) is 0. The van der Waals surface area contributed by atoms with Crippen molar-refractivity contribution < 1.29 is 13.6 Å². The lowest BCUT2D eigenvalue weighted by atomic mass is 9.92. The van der Waals surface area contributed by atoms with Gasteiger partial charge in [-0.3, -0.25) is 4.79 Å². The third-order valence-electron chi connectivity index (χ3n) is 5.01. The van der Waals surface area contributed by atoms with E-state index in [4.69, 9.17) is 0 Å². The minimum atomic E-state index is -0.580. The third-order valence-corrected chi connectivity index (χ3v) is 5.01. The predicted octanol–water partition coefficient (Wildman–Crippen LogP) is 3.91. The molecule has 0 bridgehead atoms. The molecular weight excluding hydrogens is 308 g/mol. The Bertz CT molecular complexity index is 757. The van der Waals surface area contributed by atoms with Crippen LogP contribution in [0.1, 0.15) is 30.0 Å². The molecule has 2 nitrogen and oxygen atoms in total. The van der Waals surface area contributed by atoms with Crippen molar-refractivity contribution in [1.82, 2.24) is 5.32 Å². The minimum Gasteiger partial charge on any atom is -0.355 e. The Kier molecular flexibility index (Phi) is 4.39. The molecule has 0 heterocycles. The lowest BCUT2D eigenvalue weighted by Crippen LogP contribution is -2.34. The van der Waals surface area contributed by atoms with Gasteiger partial charge in [-0.15, -0.1) is 0 Å². The fourth-order valence-corrected chi connectivity index (χ4v) is 3.31. The maximum atomic E-state index is 14.1. The summed E-state index contributed by atoms with van der Waals surface area (Å²) < 4.78 is 27.2. The van der Waals surface area contributed by atoms with Gasteiger partial charge in [0, 0.05) is 18.0 Å². The van der Waals surface area contributed by atoms with E-state index in [-0.39, 0.29) is 11.8 Å². The number of nitrogens with one attached hydrogen (secondary N) is 1. The van der Waals surface area contributed by atoms with Crippen molar-refractivity contribution in [2.24, 2.45) is 5.92 Å². The van der Waals surface area contributed by atoms with Crippen LogP contribution in [0.25, 0.3) is 0 Å². The van der Waals surface area contributed by atoms with E-state index in [1.807, 2.05) is 38.1 Å². The van der Waals surface area contributed by atoms with Crippen LogP contribution in [0, 0.1) is 24.5 Å². The fourth-order valence-electron chi connectivity index (χ4n) is 3.31. The first-order valence-corrected chi connectivity index (χ1v) is 8.18. The summed E-state index contributed by atoms with van der Waals surface area (Å²) in [5.74, 6) is -0.938. The summed E-state index contributed by atoms with van der Waals surface area (Å²) in [6, 6.07) is 11.5. The smallest absolute Gasteiger partial charge is 0.224 e. The Labute approximate surface area is 140 Å². The Morgan fingerprint density at radius 3 is 2.46 bits per heavy atom. The second-order valence-corrected chi connectivity index (χ2v) is 6.82. The second kappa shape index (κ2) is 6.34. The Hall–Kier alpha value is -2.23. The molecular formula is C20H21F2NO. The van der Waals surface area contributed by atoms with Crippen LogP contribution >= 0.6 is 0 Å². The molecule has 1 aliphatic carbocycles. The van der Waals surface area contributed by atoms with E-state index in [0.717, 1.165) is 23.6 Å². The maximum absolute atomic E-state index is 14.1. The molecule has 0 spiro atoms. The van der Waals surface area contributed by atoms with Gasteiger partial charge in [-0.2, -0.15) is 0 Å². The molecule has 24 heavy (non-hydrogen) atoms. The van der Waals surface area contributed by atoms with Crippen molar-refractivity contribution in [3.63, 3.8) is 0 Å². The molecule has 0 radical (unpaired) electrons. The van der Waals surface area contributed by atoms with E-state index in [1.54, 1.807) is 0 Å². The van der Waals surface area contributed by atoms with E-state index in [2.05, 4.69) is 5.32 Å². The lowest BCUT2D eigenvalue weighted by Gasteiger charge is -2.19. The highest BCUT2D eigenvalue weighted by molar-refractivity contribution is 5.78. The average Bonchev–Trinajstić information content (AvgIpc) is 3.19. The minimum absolute atomic E-state index is 0.0835. The number of carbonyl (C=O) groups is 1. The largest absolute Gasteiger partial charge is 0.355 e. The molecule has 4 heteroatoms. The molecule has 0 saturated heterocycles. The number of hydrogen-bond acceptors (Lipinski definition) is 1. The van der Waals surface area contributed by atoms with Crippen molar-refractivity contribution in [2.75, 3.05) is 6.54 Å². The molecule has 0 aromatic heterocycles. The molecule has 0 aliphatic heterocycles. The van der Waals surface area contributed by atoms with Gasteiger partial charge < -0.3 is 5.32 Å². The normalized spacial score (nSPS) is 22.2. The van der Waals surface area contributed by atoms with E-state index in [0.29, 0.717) is 18.5 Å². The van der Waals surface area contributed by atoms with Crippen LogP contribution in [-0.2, 0) is 16.6 Å². The second-order valence-electron chi connectivity index (χ2n) is 6.82. The molecule has 2 unspecified atom stereocenters. The van der Waals surface area contributed by atoms with Gasteiger partial charge in [0.15, 0.2) is 0 Å². The van der Waals surface area contributed by atoms with Gasteiger partial charge in [0.2, 0.25) is 5.91 Å². The van der Waals surface area contributed by atoms with Crippen LogP contribution in [0.4, 0.5) is 8.78 Å². The highest BCUT2D eigenvalue weighted by atomic mass is 19.1. The van der Waals surface area contributed by atoms with Crippen molar-refractivity contribution in [3.8, 4) is 0 Å². The van der Waals surface area contributed by atoms with Gasteiger partial charge in [0.1, 0.15) is 11.6 Å². The Morgan fingerprint density at radius 1 is 1.21 bits per heavy atom. The topological polar surface area (TPSA) is 29.1 Å². The van der Waals surface area contributed by atoms with Crippen molar-refractivity contribution >= 4 is 5.91 Å². The van der Waals surface area contributed by atoms with E-state index < -0.39 is 17.0 Å². The molecule has 3 rings (SSSR count). The summed E-state index contributed by atoms with van der Waals surface area (Å²) in [5, 5.41) is 2.92. The number of rotatable bonds is 5. The molecule has 1 amide bonds. The van der Waals surface area contributed by atoms with Gasteiger partial charge in [0.05, 0.1) is 6.42 Å². The van der Waals surface area contributed by atoms with E-state index >= 15 is 0 Å². The predicted molar refractivity (Wildman–Crippen MR) is 89.7 cm³/mol. The van der Waals surface area contributed by atoms with Gasteiger partial charge in [-0.1, -0.05) is 42.8 Å². The summed E-state index contributed by atoms with van der Waals surface area (Å²) in [6.07, 6.45) is 1.09. The zero-order chi connectivity index (χ0) is 17.3. The molecule has 1 N–H and O–H groups in total. The maximum Gasteiger partial charge on any atom is 0.224 e. The van der Waals surface area contributed by atoms with Crippen molar-refractivity contribution in [2.45, 2.75) is 32.1 Å².